The maximum absolute atomic E-state index is 11.0. The van der Waals surface area contributed by atoms with E-state index in [0.29, 0.717) is 19.4 Å². The Kier molecular flexibility index (Phi) is 10.3. The minimum absolute atomic E-state index is 0.0303. The molecular formula is C29H48O8. The molecule has 6 bridgehead atoms. The van der Waals surface area contributed by atoms with Crippen LogP contribution in [-0.4, -0.2) is 83.3 Å². The highest BCUT2D eigenvalue weighted by atomic mass is 16.7. The van der Waals surface area contributed by atoms with E-state index >= 15 is 0 Å². The second kappa shape index (κ2) is 13.1. The van der Waals surface area contributed by atoms with Gasteiger partial charge in [-0.2, -0.15) is 0 Å². The molecule has 5 rings (SSSR count). The summed E-state index contributed by atoms with van der Waals surface area (Å²) < 4.78 is 24.5. The van der Waals surface area contributed by atoms with Gasteiger partial charge in [-0.05, 0) is 48.9 Å². The summed E-state index contributed by atoms with van der Waals surface area (Å²) in [6.07, 6.45) is 4.61. The molecule has 5 aliphatic rings. The standard InChI is InChI=1S/C29H48O8/c1-28-13-10-6-4-8-12-20(16-28)21(18-30)35-23-17-29(28,2)14-9-5-3-7-11-15-34-27-25(33)24(32)26(37-23)22(19-31)36-27/h20-27,30-33H,3-4,6-8,10-19H2,1-2H3. The predicted octanol–water partition coefficient (Wildman–Crippen LogP) is 2.89. The number of rotatable bonds is 2. The number of aliphatic hydroxyl groups is 4. The molecule has 0 radical (unpaired) electrons. The summed E-state index contributed by atoms with van der Waals surface area (Å²) in [6.45, 7) is 4.52. The van der Waals surface area contributed by atoms with Gasteiger partial charge < -0.3 is 39.4 Å². The Hall–Kier alpha value is -0.760. The summed E-state index contributed by atoms with van der Waals surface area (Å²) in [5.41, 5.74) is -0.262. The molecule has 1 saturated carbocycles. The lowest BCUT2D eigenvalue weighted by molar-refractivity contribution is -0.337. The topological polar surface area (TPSA) is 118 Å². The van der Waals surface area contributed by atoms with Crippen molar-refractivity contribution in [1.82, 2.24) is 0 Å². The molecule has 4 aliphatic heterocycles. The van der Waals surface area contributed by atoms with Crippen molar-refractivity contribution in [1.29, 1.82) is 0 Å². The normalized spacial score (nSPS) is 46.3. The average Bonchev–Trinajstić information content (AvgIpc) is 2.97. The van der Waals surface area contributed by atoms with Crippen molar-refractivity contribution in [2.24, 2.45) is 16.7 Å². The summed E-state index contributed by atoms with van der Waals surface area (Å²) in [5.74, 6) is 7.03. The first kappa shape index (κ1) is 29.2. The molecule has 8 heteroatoms. The second-order valence-electron chi connectivity index (χ2n) is 12.2. The van der Waals surface area contributed by atoms with Crippen molar-refractivity contribution < 1.29 is 39.4 Å². The monoisotopic (exact) mass is 524 g/mol. The Bertz CT molecular complexity index is 780. The maximum atomic E-state index is 11.0. The maximum Gasteiger partial charge on any atom is 0.186 e. The fourth-order valence-corrected chi connectivity index (χ4v) is 6.84. The van der Waals surface area contributed by atoms with Crippen LogP contribution in [-0.2, 0) is 18.9 Å². The molecule has 0 aromatic rings. The average molecular weight is 525 g/mol. The third-order valence-corrected chi connectivity index (χ3v) is 9.58. The summed E-state index contributed by atoms with van der Waals surface area (Å²) in [6, 6.07) is 0. The Morgan fingerprint density at radius 2 is 1.57 bits per heavy atom. The van der Waals surface area contributed by atoms with Gasteiger partial charge in [0, 0.05) is 25.9 Å². The zero-order valence-electron chi connectivity index (χ0n) is 22.6. The van der Waals surface area contributed by atoms with Crippen LogP contribution in [0.15, 0.2) is 0 Å². The van der Waals surface area contributed by atoms with Gasteiger partial charge in [0.15, 0.2) is 12.6 Å². The van der Waals surface area contributed by atoms with Gasteiger partial charge in [0.1, 0.15) is 24.4 Å². The van der Waals surface area contributed by atoms with E-state index in [1.54, 1.807) is 0 Å². The molecule has 0 aromatic heterocycles. The molecule has 8 nitrogen and oxygen atoms in total. The zero-order chi connectivity index (χ0) is 26.5. The number of fused-ring (bicyclic) bond motifs is 10. The van der Waals surface area contributed by atoms with E-state index in [4.69, 9.17) is 18.9 Å². The van der Waals surface area contributed by atoms with E-state index < -0.39 is 43.6 Å². The Balaban J connectivity index is 1.72. The second-order valence-corrected chi connectivity index (χ2v) is 12.2. The van der Waals surface area contributed by atoms with Crippen molar-refractivity contribution >= 4 is 0 Å². The van der Waals surface area contributed by atoms with Crippen molar-refractivity contribution in [2.75, 3.05) is 19.8 Å². The lowest BCUT2D eigenvalue weighted by Gasteiger charge is -2.53. The van der Waals surface area contributed by atoms with Gasteiger partial charge in [0.2, 0.25) is 0 Å². The van der Waals surface area contributed by atoms with Crippen LogP contribution in [0.25, 0.3) is 0 Å². The number of aliphatic hydroxyl groups excluding tert-OH is 4. The van der Waals surface area contributed by atoms with Crippen LogP contribution < -0.4 is 0 Å². The van der Waals surface area contributed by atoms with Crippen molar-refractivity contribution in [2.45, 2.75) is 134 Å². The Labute approximate surface area is 222 Å². The minimum Gasteiger partial charge on any atom is -0.394 e. The highest BCUT2D eigenvalue weighted by Crippen LogP contribution is 2.55. The molecule has 0 aromatic carbocycles. The molecule has 1 aliphatic carbocycles. The molecule has 3 fully saturated rings. The van der Waals surface area contributed by atoms with Crippen LogP contribution in [0.2, 0.25) is 0 Å². The molecular weight excluding hydrogens is 476 g/mol. The number of ether oxygens (including phenoxy) is 4. The first-order chi connectivity index (χ1) is 17.8. The molecule has 212 valence electrons. The molecule has 4 N–H and O–H groups in total. The smallest absolute Gasteiger partial charge is 0.186 e. The van der Waals surface area contributed by atoms with Gasteiger partial charge in [-0.3, -0.25) is 0 Å². The lowest BCUT2D eigenvalue weighted by atomic mass is 9.56. The van der Waals surface area contributed by atoms with Gasteiger partial charge >= 0.3 is 0 Å². The van der Waals surface area contributed by atoms with Crippen molar-refractivity contribution in [3.05, 3.63) is 0 Å². The first-order valence-corrected chi connectivity index (χ1v) is 14.4. The molecule has 0 amide bonds. The first-order valence-electron chi connectivity index (χ1n) is 14.4. The lowest BCUT2D eigenvalue weighted by Crippen LogP contribution is -2.61. The molecule has 4 heterocycles. The molecule has 0 spiro atoms. The highest BCUT2D eigenvalue weighted by molar-refractivity contribution is 5.08. The molecule has 2 saturated heterocycles. The Morgan fingerprint density at radius 3 is 2.35 bits per heavy atom. The Morgan fingerprint density at radius 1 is 0.784 bits per heavy atom. The van der Waals surface area contributed by atoms with E-state index in [0.717, 1.165) is 51.4 Å². The van der Waals surface area contributed by atoms with E-state index in [9.17, 15) is 20.4 Å². The van der Waals surface area contributed by atoms with Crippen molar-refractivity contribution in [3.8, 4) is 11.8 Å². The quantitative estimate of drug-likeness (QED) is 0.408. The van der Waals surface area contributed by atoms with Crippen LogP contribution in [0.1, 0.15) is 90.9 Å². The molecule has 10 unspecified atom stereocenters. The minimum atomic E-state index is -1.32. The fourth-order valence-electron chi connectivity index (χ4n) is 6.84. The van der Waals surface area contributed by atoms with E-state index in [1.165, 1.54) is 12.8 Å². The zero-order valence-corrected chi connectivity index (χ0v) is 22.6. The number of hydrogen-bond acceptors (Lipinski definition) is 8. The van der Waals surface area contributed by atoms with Crippen LogP contribution >= 0.6 is 0 Å². The molecule has 10 atom stereocenters. The van der Waals surface area contributed by atoms with Crippen LogP contribution in [0, 0.1) is 28.6 Å². The summed E-state index contributed by atoms with van der Waals surface area (Å²) in [7, 11) is 0. The third-order valence-electron chi connectivity index (χ3n) is 9.58. The molecule has 37 heavy (non-hydrogen) atoms. The van der Waals surface area contributed by atoms with Gasteiger partial charge in [0.25, 0.3) is 0 Å². The predicted molar refractivity (Wildman–Crippen MR) is 137 cm³/mol. The van der Waals surface area contributed by atoms with E-state index in [-0.39, 0.29) is 29.5 Å². The highest BCUT2D eigenvalue weighted by Gasteiger charge is 2.52. The SMILES string of the molecule is CC12CC#CCCCCOC3OC(CO)C(OC(C1)OC(CO)C1CCCCCCC2(C)C1)C(O)C3O. The van der Waals surface area contributed by atoms with Crippen LogP contribution in [0.4, 0.5) is 0 Å². The summed E-state index contributed by atoms with van der Waals surface area (Å²) in [4.78, 5) is 0. The van der Waals surface area contributed by atoms with E-state index in [1.807, 2.05) is 0 Å². The number of hydrogen-bond donors (Lipinski definition) is 4. The summed E-state index contributed by atoms with van der Waals surface area (Å²) in [5, 5.41) is 42.3. The van der Waals surface area contributed by atoms with Gasteiger partial charge in [-0.25, -0.2) is 0 Å². The van der Waals surface area contributed by atoms with Gasteiger partial charge in [-0.15, -0.1) is 11.8 Å². The van der Waals surface area contributed by atoms with Crippen LogP contribution in [0.3, 0.4) is 0 Å². The van der Waals surface area contributed by atoms with E-state index in [2.05, 4.69) is 25.7 Å². The van der Waals surface area contributed by atoms with Gasteiger partial charge in [-0.1, -0.05) is 39.5 Å². The summed E-state index contributed by atoms with van der Waals surface area (Å²) >= 11 is 0. The van der Waals surface area contributed by atoms with Crippen molar-refractivity contribution in [3.63, 3.8) is 0 Å². The van der Waals surface area contributed by atoms with Gasteiger partial charge in [0.05, 0.1) is 19.3 Å². The van der Waals surface area contributed by atoms with Crippen LogP contribution in [0.5, 0.6) is 0 Å². The third kappa shape index (κ3) is 6.70. The largest absolute Gasteiger partial charge is 0.394 e. The fraction of sp³-hybridized carbons (Fsp3) is 0.931.